The number of carbonyl (C=O) groups is 1. The maximum atomic E-state index is 13.1. The molecule has 1 N–H and O–H groups in total. The Morgan fingerprint density at radius 3 is 1.95 bits per heavy atom. The van der Waals surface area contributed by atoms with Gasteiger partial charge in [0.15, 0.2) is 6.61 Å². The average molecular weight is 324 g/mol. The van der Waals surface area contributed by atoms with Crippen molar-refractivity contribution < 1.29 is 31.3 Å². The van der Waals surface area contributed by atoms with Gasteiger partial charge in [0.05, 0.1) is 5.41 Å². The maximum Gasteiger partial charge on any atom is 0.402 e. The predicted molar refractivity (Wildman–Crippen MR) is 68.1 cm³/mol. The van der Waals surface area contributed by atoms with Crippen LogP contribution in [-0.4, -0.2) is 30.8 Å². The molecule has 0 atom stereocenters. The van der Waals surface area contributed by atoms with Crippen molar-refractivity contribution in [2.75, 3.05) is 6.61 Å². The van der Waals surface area contributed by atoms with Gasteiger partial charge in [-0.2, -0.15) is 17.2 Å². The number of rotatable bonds is 4. The first-order valence-electron chi connectivity index (χ1n) is 7.13. The molecule has 8 heteroatoms. The van der Waals surface area contributed by atoms with E-state index in [0.29, 0.717) is 37.0 Å². The smallest absolute Gasteiger partial charge is 0.402 e. The molecule has 21 heavy (non-hydrogen) atoms. The summed E-state index contributed by atoms with van der Waals surface area (Å²) in [4.78, 5) is 12.2. The molecule has 0 aliphatic heterocycles. The first-order chi connectivity index (χ1) is 9.61. The van der Waals surface area contributed by atoms with Gasteiger partial charge in [0, 0.05) is 0 Å². The number of hydrogen-bond donors (Lipinski definition) is 1. The van der Waals surface area contributed by atoms with E-state index in [9.17, 15) is 22.0 Å². The minimum Gasteiger partial charge on any atom is -0.458 e. The second-order valence-electron chi connectivity index (χ2n) is 6.89. The molecule has 120 valence electrons. The van der Waals surface area contributed by atoms with Gasteiger partial charge in [0.2, 0.25) is 0 Å². The number of ether oxygens (including phenoxy) is 1. The molecule has 5 nitrogen and oxygen atoms in total. The summed E-state index contributed by atoms with van der Waals surface area (Å²) >= 11 is 0. The van der Waals surface area contributed by atoms with E-state index in [2.05, 4.69) is 4.74 Å². The molecule has 4 aliphatic rings. The Balaban J connectivity index is 1.69. The van der Waals surface area contributed by atoms with Gasteiger partial charge < -0.3 is 4.74 Å². The highest BCUT2D eigenvalue weighted by Gasteiger charge is 2.56. The van der Waals surface area contributed by atoms with E-state index < -0.39 is 33.4 Å². The lowest BCUT2D eigenvalue weighted by Gasteiger charge is -2.55. The van der Waals surface area contributed by atoms with Gasteiger partial charge in [0.1, 0.15) is 0 Å². The Morgan fingerprint density at radius 1 is 1.14 bits per heavy atom. The van der Waals surface area contributed by atoms with Gasteiger partial charge in [-0.3, -0.25) is 9.35 Å². The fourth-order valence-corrected chi connectivity index (χ4v) is 4.95. The van der Waals surface area contributed by atoms with Crippen molar-refractivity contribution >= 4 is 16.1 Å². The van der Waals surface area contributed by atoms with Crippen LogP contribution in [-0.2, 0) is 19.6 Å². The Hall–Kier alpha value is -0.760. The van der Waals surface area contributed by atoms with Crippen LogP contribution in [0.25, 0.3) is 0 Å². The molecule has 0 aromatic rings. The van der Waals surface area contributed by atoms with E-state index in [-0.39, 0.29) is 0 Å². The Labute approximate surface area is 121 Å². The van der Waals surface area contributed by atoms with Gasteiger partial charge in [-0.05, 0) is 56.3 Å². The largest absolute Gasteiger partial charge is 0.458 e. The first-order valence-corrected chi connectivity index (χ1v) is 8.57. The molecular weight excluding hydrogens is 306 g/mol. The normalized spacial score (nSPS) is 38.5. The molecule has 0 spiro atoms. The van der Waals surface area contributed by atoms with Crippen LogP contribution in [0.3, 0.4) is 0 Å². The highest BCUT2D eigenvalue weighted by Crippen LogP contribution is 2.60. The third-order valence-corrected chi connectivity index (χ3v) is 6.09. The minimum absolute atomic E-state index is 0.450. The SMILES string of the molecule is O=C(OCC(F)(F)S(=O)(=O)O)C12CC3CC(CC(C3)C1)C2. The van der Waals surface area contributed by atoms with Crippen LogP contribution < -0.4 is 0 Å². The molecule has 0 heterocycles. The molecule has 0 amide bonds. The van der Waals surface area contributed by atoms with Gasteiger partial charge in [0.25, 0.3) is 0 Å². The Kier molecular flexibility index (Phi) is 3.33. The van der Waals surface area contributed by atoms with Crippen LogP contribution in [0.2, 0.25) is 0 Å². The molecule has 4 aliphatic carbocycles. The molecule has 0 saturated heterocycles. The minimum atomic E-state index is -5.56. The summed E-state index contributed by atoms with van der Waals surface area (Å²) in [6, 6.07) is 0. The average Bonchev–Trinajstić information content (AvgIpc) is 2.32. The second-order valence-corrected chi connectivity index (χ2v) is 8.43. The molecule has 0 unspecified atom stereocenters. The number of carbonyl (C=O) groups excluding carboxylic acids is 1. The second kappa shape index (κ2) is 4.62. The summed E-state index contributed by atoms with van der Waals surface area (Å²) in [7, 11) is -5.56. The van der Waals surface area contributed by atoms with Crippen LogP contribution in [0.15, 0.2) is 0 Å². The zero-order valence-corrected chi connectivity index (χ0v) is 12.2. The van der Waals surface area contributed by atoms with Crippen LogP contribution in [0.1, 0.15) is 38.5 Å². The molecular formula is C13H18F2O5S. The quantitative estimate of drug-likeness (QED) is 0.633. The Bertz CT molecular complexity index is 522. The summed E-state index contributed by atoms with van der Waals surface area (Å²) in [5.41, 5.74) is -0.718. The van der Waals surface area contributed by atoms with E-state index >= 15 is 0 Å². The molecule has 4 fully saturated rings. The summed E-state index contributed by atoms with van der Waals surface area (Å²) in [6.07, 6.45) is 5.22. The molecule has 0 aromatic carbocycles. The third kappa shape index (κ3) is 2.56. The van der Waals surface area contributed by atoms with E-state index in [4.69, 9.17) is 4.55 Å². The number of alkyl halides is 2. The van der Waals surface area contributed by atoms with Crippen LogP contribution >= 0.6 is 0 Å². The summed E-state index contributed by atoms with van der Waals surface area (Å²) < 4.78 is 60.4. The highest BCUT2D eigenvalue weighted by atomic mass is 32.2. The molecule has 4 rings (SSSR count). The zero-order chi connectivity index (χ0) is 15.5. The topological polar surface area (TPSA) is 80.7 Å². The van der Waals surface area contributed by atoms with Gasteiger partial charge in [-0.1, -0.05) is 0 Å². The highest BCUT2D eigenvalue weighted by molar-refractivity contribution is 7.86. The van der Waals surface area contributed by atoms with Crippen molar-refractivity contribution in [2.45, 2.75) is 43.8 Å². The molecule has 4 saturated carbocycles. The lowest BCUT2D eigenvalue weighted by Crippen LogP contribution is -2.51. The predicted octanol–water partition coefficient (Wildman–Crippen LogP) is 2.23. The first kappa shape index (κ1) is 15.1. The van der Waals surface area contributed by atoms with Crippen LogP contribution in [0, 0.1) is 23.2 Å². The number of esters is 1. The van der Waals surface area contributed by atoms with Gasteiger partial charge in [-0.15, -0.1) is 0 Å². The molecule has 4 bridgehead atoms. The molecule has 0 radical (unpaired) electrons. The van der Waals surface area contributed by atoms with E-state index in [1.807, 2.05) is 0 Å². The maximum absolute atomic E-state index is 13.1. The monoisotopic (exact) mass is 324 g/mol. The van der Waals surface area contributed by atoms with Gasteiger partial charge in [-0.25, -0.2) is 0 Å². The lowest BCUT2D eigenvalue weighted by molar-refractivity contribution is -0.176. The zero-order valence-electron chi connectivity index (χ0n) is 11.4. The third-order valence-electron chi connectivity index (χ3n) is 5.22. The van der Waals surface area contributed by atoms with Crippen molar-refractivity contribution in [1.29, 1.82) is 0 Å². The van der Waals surface area contributed by atoms with E-state index in [0.717, 1.165) is 19.3 Å². The standard InChI is InChI=1S/C13H18F2O5S/c14-13(15,21(17,18)19)7-20-11(16)12-4-8-1-9(5-12)3-10(2-8)6-12/h8-10H,1-7H2,(H,17,18,19). The van der Waals surface area contributed by atoms with Crippen molar-refractivity contribution in [3.63, 3.8) is 0 Å². The fourth-order valence-electron chi connectivity index (χ4n) is 4.74. The number of hydrogen-bond acceptors (Lipinski definition) is 4. The number of halogens is 2. The van der Waals surface area contributed by atoms with Crippen molar-refractivity contribution in [2.24, 2.45) is 23.2 Å². The lowest BCUT2D eigenvalue weighted by atomic mass is 9.49. The van der Waals surface area contributed by atoms with Crippen molar-refractivity contribution in [3.8, 4) is 0 Å². The van der Waals surface area contributed by atoms with Crippen molar-refractivity contribution in [1.82, 2.24) is 0 Å². The fraction of sp³-hybridized carbons (Fsp3) is 0.923. The van der Waals surface area contributed by atoms with Gasteiger partial charge >= 0.3 is 21.3 Å². The summed E-state index contributed by atoms with van der Waals surface area (Å²) in [6.45, 7) is -1.62. The van der Waals surface area contributed by atoms with E-state index in [1.165, 1.54) is 0 Å². The van der Waals surface area contributed by atoms with Crippen LogP contribution in [0.5, 0.6) is 0 Å². The molecule has 0 aromatic heterocycles. The summed E-state index contributed by atoms with van der Waals surface area (Å²) in [5.74, 6) is 0.618. The summed E-state index contributed by atoms with van der Waals surface area (Å²) in [5, 5.41) is -4.45. The van der Waals surface area contributed by atoms with Crippen molar-refractivity contribution in [3.05, 3.63) is 0 Å². The van der Waals surface area contributed by atoms with Crippen LogP contribution in [0.4, 0.5) is 8.78 Å². The Morgan fingerprint density at radius 2 is 1.57 bits per heavy atom. The van der Waals surface area contributed by atoms with E-state index in [1.54, 1.807) is 0 Å².